The third-order valence-electron chi connectivity index (χ3n) is 4.35. The Bertz CT molecular complexity index is 839. The minimum absolute atomic E-state index is 0.00362. The largest absolute Gasteiger partial charge is 0.472 e. The second-order valence-electron chi connectivity index (χ2n) is 6.06. The summed E-state index contributed by atoms with van der Waals surface area (Å²) in [4.78, 5) is 22.4. The fourth-order valence-corrected chi connectivity index (χ4v) is 2.92. The minimum atomic E-state index is -0.00362. The van der Waals surface area contributed by atoms with Gasteiger partial charge in [-0.25, -0.2) is 0 Å². The lowest BCUT2D eigenvalue weighted by atomic mass is 10.1. The van der Waals surface area contributed by atoms with E-state index in [2.05, 4.69) is 15.1 Å². The number of aromatic nitrogens is 3. The number of amides is 1. The van der Waals surface area contributed by atoms with Crippen molar-refractivity contribution >= 4 is 5.91 Å². The summed E-state index contributed by atoms with van der Waals surface area (Å²) in [5.41, 5.74) is 1.43. The molecule has 1 amide bonds. The molecule has 0 atom stereocenters. The first kappa shape index (κ1) is 16.5. The maximum atomic E-state index is 12.3. The van der Waals surface area contributed by atoms with Crippen molar-refractivity contribution in [3.05, 3.63) is 54.6 Å². The van der Waals surface area contributed by atoms with Gasteiger partial charge in [-0.3, -0.25) is 9.78 Å². The Labute approximate surface area is 149 Å². The highest BCUT2D eigenvalue weighted by molar-refractivity contribution is 5.93. The maximum absolute atomic E-state index is 12.3. The van der Waals surface area contributed by atoms with Gasteiger partial charge in [-0.05, 0) is 31.0 Å². The monoisotopic (exact) mass is 354 g/mol. The van der Waals surface area contributed by atoms with E-state index in [1.54, 1.807) is 18.5 Å². The van der Waals surface area contributed by atoms with Crippen molar-refractivity contribution in [3.8, 4) is 11.4 Å². The van der Waals surface area contributed by atoms with Crippen molar-refractivity contribution in [2.75, 3.05) is 13.1 Å². The highest BCUT2D eigenvalue weighted by Gasteiger charge is 2.25. The van der Waals surface area contributed by atoms with Crippen molar-refractivity contribution in [3.63, 3.8) is 0 Å². The summed E-state index contributed by atoms with van der Waals surface area (Å²) in [6, 6.07) is 5.32. The van der Waals surface area contributed by atoms with Crippen LogP contribution in [0.25, 0.3) is 11.4 Å². The molecule has 0 radical (unpaired) electrons. The number of ether oxygens (including phenoxy) is 1. The number of likely N-dealkylation sites (tertiary alicyclic amines) is 1. The van der Waals surface area contributed by atoms with Crippen LogP contribution in [0.1, 0.15) is 29.1 Å². The van der Waals surface area contributed by atoms with Crippen LogP contribution >= 0.6 is 0 Å². The molecule has 0 aliphatic carbocycles. The second-order valence-corrected chi connectivity index (χ2v) is 6.06. The Kier molecular flexibility index (Phi) is 4.74. The number of hydrogen-bond acceptors (Lipinski definition) is 7. The average molecular weight is 354 g/mol. The molecule has 1 saturated heterocycles. The Morgan fingerprint density at radius 3 is 2.77 bits per heavy atom. The van der Waals surface area contributed by atoms with Crippen LogP contribution in [0.15, 0.2) is 52.1 Å². The van der Waals surface area contributed by atoms with E-state index in [1.807, 2.05) is 17.0 Å². The number of carbonyl (C=O) groups is 1. The van der Waals surface area contributed by atoms with Gasteiger partial charge in [0.05, 0.1) is 17.9 Å². The molecule has 0 saturated carbocycles. The predicted molar refractivity (Wildman–Crippen MR) is 90.0 cm³/mol. The van der Waals surface area contributed by atoms with E-state index in [-0.39, 0.29) is 18.6 Å². The molecule has 0 unspecified atom stereocenters. The molecule has 1 fully saturated rings. The molecule has 3 aromatic heterocycles. The number of furan rings is 1. The summed E-state index contributed by atoms with van der Waals surface area (Å²) in [6.45, 7) is 1.57. The van der Waals surface area contributed by atoms with Crippen LogP contribution in [0.2, 0.25) is 0 Å². The van der Waals surface area contributed by atoms with Gasteiger partial charge in [-0.15, -0.1) is 0 Å². The molecule has 0 spiro atoms. The van der Waals surface area contributed by atoms with E-state index in [0.29, 0.717) is 30.4 Å². The molecule has 1 aliphatic heterocycles. The quantitative estimate of drug-likeness (QED) is 0.695. The highest BCUT2D eigenvalue weighted by atomic mass is 16.5. The summed E-state index contributed by atoms with van der Waals surface area (Å²) in [5, 5.41) is 3.96. The second kappa shape index (κ2) is 7.49. The first-order valence-electron chi connectivity index (χ1n) is 8.45. The summed E-state index contributed by atoms with van der Waals surface area (Å²) in [5.74, 6) is 0.955. The van der Waals surface area contributed by atoms with Gasteiger partial charge in [0.25, 0.3) is 11.8 Å². The van der Waals surface area contributed by atoms with Crippen molar-refractivity contribution in [2.45, 2.75) is 25.6 Å². The number of pyridine rings is 1. The van der Waals surface area contributed by atoms with Gasteiger partial charge in [-0.2, -0.15) is 4.98 Å². The van der Waals surface area contributed by atoms with Crippen LogP contribution in [0.4, 0.5) is 0 Å². The standard InChI is InChI=1S/C18H18N4O4/c23-18(14-5-10-24-11-14)22-8-3-15(4-9-22)25-12-16-20-17(21-26-16)13-1-6-19-7-2-13/h1-2,5-7,10-11,15H,3-4,8-9,12H2. The lowest BCUT2D eigenvalue weighted by Gasteiger charge is -2.31. The van der Waals surface area contributed by atoms with Crippen molar-refractivity contribution in [1.29, 1.82) is 0 Å². The molecule has 3 aromatic rings. The zero-order valence-corrected chi connectivity index (χ0v) is 14.1. The molecule has 1 aliphatic rings. The van der Waals surface area contributed by atoms with E-state index in [4.69, 9.17) is 13.7 Å². The zero-order valence-electron chi connectivity index (χ0n) is 14.1. The van der Waals surface area contributed by atoms with Gasteiger partial charge in [-0.1, -0.05) is 5.16 Å². The predicted octanol–water partition coefficient (Wildman–Crippen LogP) is 2.55. The summed E-state index contributed by atoms with van der Waals surface area (Å²) in [7, 11) is 0. The summed E-state index contributed by atoms with van der Waals surface area (Å²) in [6.07, 6.45) is 7.96. The maximum Gasteiger partial charge on any atom is 0.257 e. The lowest BCUT2D eigenvalue weighted by molar-refractivity contribution is -0.00979. The molecule has 4 rings (SSSR count). The molecule has 8 heteroatoms. The number of carbonyl (C=O) groups excluding carboxylic acids is 1. The van der Waals surface area contributed by atoms with E-state index in [0.717, 1.165) is 18.4 Å². The van der Waals surface area contributed by atoms with Crippen molar-refractivity contribution in [2.24, 2.45) is 0 Å². The first-order chi connectivity index (χ1) is 12.8. The van der Waals surface area contributed by atoms with Gasteiger partial charge in [0.15, 0.2) is 0 Å². The molecule has 0 bridgehead atoms. The van der Waals surface area contributed by atoms with Crippen LogP contribution in [-0.2, 0) is 11.3 Å². The third-order valence-corrected chi connectivity index (χ3v) is 4.35. The Morgan fingerprint density at radius 2 is 2.04 bits per heavy atom. The fraction of sp³-hybridized carbons (Fsp3) is 0.333. The third kappa shape index (κ3) is 3.65. The Morgan fingerprint density at radius 1 is 1.23 bits per heavy atom. The smallest absolute Gasteiger partial charge is 0.257 e. The first-order valence-corrected chi connectivity index (χ1v) is 8.45. The molecule has 0 N–H and O–H groups in total. The molecule has 134 valence electrons. The van der Waals surface area contributed by atoms with Crippen LogP contribution in [0.3, 0.4) is 0 Å². The molecule has 26 heavy (non-hydrogen) atoms. The van der Waals surface area contributed by atoms with Crippen LogP contribution < -0.4 is 0 Å². The fourth-order valence-electron chi connectivity index (χ4n) is 2.92. The highest BCUT2D eigenvalue weighted by Crippen LogP contribution is 2.19. The van der Waals surface area contributed by atoms with Gasteiger partial charge in [0, 0.05) is 31.0 Å². The molecular formula is C18H18N4O4. The minimum Gasteiger partial charge on any atom is -0.472 e. The number of nitrogens with zero attached hydrogens (tertiary/aromatic N) is 4. The Balaban J connectivity index is 1.26. The van der Waals surface area contributed by atoms with Crippen LogP contribution in [0.5, 0.6) is 0 Å². The molecule has 0 aromatic carbocycles. The summed E-state index contributed by atoms with van der Waals surface area (Å²) >= 11 is 0. The molecular weight excluding hydrogens is 336 g/mol. The normalized spacial score (nSPS) is 15.3. The molecule has 4 heterocycles. The molecule has 8 nitrogen and oxygen atoms in total. The topological polar surface area (TPSA) is 94.5 Å². The SMILES string of the molecule is O=C(c1ccoc1)N1CCC(OCc2nc(-c3ccncc3)no2)CC1. The Hall–Kier alpha value is -3.00. The average Bonchev–Trinajstić information content (AvgIpc) is 3.39. The van der Waals surface area contributed by atoms with Crippen molar-refractivity contribution < 1.29 is 18.5 Å². The van der Waals surface area contributed by atoms with Crippen molar-refractivity contribution in [1.82, 2.24) is 20.0 Å². The number of piperidine rings is 1. The van der Waals surface area contributed by atoms with Crippen LogP contribution in [-0.4, -0.2) is 45.1 Å². The van der Waals surface area contributed by atoms with Gasteiger partial charge in [0.2, 0.25) is 5.82 Å². The van der Waals surface area contributed by atoms with Gasteiger partial charge < -0.3 is 18.6 Å². The summed E-state index contributed by atoms with van der Waals surface area (Å²) < 4.78 is 16.1. The van der Waals surface area contributed by atoms with Gasteiger partial charge in [0.1, 0.15) is 12.9 Å². The number of hydrogen-bond donors (Lipinski definition) is 0. The van der Waals surface area contributed by atoms with E-state index >= 15 is 0 Å². The van der Waals surface area contributed by atoms with E-state index in [9.17, 15) is 4.79 Å². The van der Waals surface area contributed by atoms with E-state index in [1.165, 1.54) is 12.5 Å². The zero-order chi connectivity index (χ0) is 17.8. The van der Waals surface area contributed by atoms with Crippen LogP contribution in [0, 0.1) is 0 Å². The lowest BCUT2D eigenvalue weighted by Crippen LogP contribution is -2.40. The van der Waals surface area contributed by atoms with E-state index < -0.39 is 0 Å². The van der Waals surface area contributed by atoms with Gasteiger partial charge >= 0.3 is 0 Å². The number of rotatable bonds is 5.